The minimum absolute atomic E-state index is 0.0435. The zero-order valence-electron chi connectivity index (χ0n) is 14.6. The second-order valence-corrected chi connectivity index (χ2v) is 6.33. The average Bonchev–Trinajstić information content (AvgIpc) is 2.89. The van der Waals surface area contributed by atoms with Crippen LogP contribution in [0.25, 0.3) is 0 Å². The molecule has 0 aliphatic carbocycles. The monoisotopic (exact) mass is 344 g/mol. The Kier molecular flexibility index (Phi) is 5.65. The highest BCUT2D eigenvalue weighted by Crippen LogP contribution is 2.18. The first kappa shape index (κ1) is 17.4. The number of aromatic nitrogens is 2. The molecule has 2 heterocycles. The van der Waals surface area contributed by atoms with Crippen molar-refractivity contribution in [3.8, 4) is 0 Å². The second-order valence-electron chi connectivity index (χ2n) is 6.33. The standard InChI is InChI=1S/C18H24N4O3/c1-13-12-22(9-6-10-24-13)18(23)20-16(15-7-4-3-5-8-15)11-17-19-14(2)21-25-17/h3-5,7-8,13,16H,6,9-12H2,1-2H3,(H,20,23)/t13-,16+/m0/s1. The number of benzene rings is 1. The van der Waals surface area contributed by atoms with E-state index in [1.807, 2.05) is 42.2 Å². The van der Waals surface area contributed by atoms with Gasteiger partial charge in [0.2, 0.25) is 5.89 Å². The van der Waals surface area contributed by atoms with Crippen LogP contribution in [0, 0.1) is 6.92 Å². The van der Waals surface area contributed by atoms with Crippen LogP contribution in [0.4, 0.5) is 4.79 Å². The van der Waals surface area contributed by atoms with Crippen LogP contribution in [-0.4, -0.2) is 46.9 Å². The lowest BCUT2D eigenvalue weighted by Gasteiger charge is -2.26. The molecule has 25 heavy (non-hydrogen) atoms. The van der Waals surface area contributed by atoms with Crippen LogP contribution in [0.1, 0.15) is 36.7 Å². The van der Waals surface area contributed by atoms with E-state index in [2.05, 4.69) is 15.5 Å². The molecule has 3 rings (SSSR count). The number of carbonyl (C=O) groups is 1. The van der Waals surface area contributed by atoms with Crippen LogP contribution in [0.3, 0.4) is 0 Å². The molecule has 0 saturated carbocycles. The van der Waals surface area contributed by atoms with Crippen molar-refractivity contribution in [3.63, 3.8) is 0 Å². The van der Waals surface area contributed by atoms with Gasteiger partial charge in [0.15, 0.2) is 5.82 Å². The normalized spacial score (nSPS) is 19.3. The van der Waals surface area contributed by atoms with Gasteiger partial charge in [0, 0.05) is 19.7 Å². The Morgan fingerprint density at radius 1 is 1.40 bits per heavy atom. The van der Waals surface area contributed by atoms with Gasteiger partial charge in [-0.3, -0.25) is 0 Å². The molecule has 0 radical (unpaired) electrons. The van der Waals surface area contributed by atoms with E-state index < -0.39 is 0 Å². The fraction of sp³-hybridized carbons (Fsp3) is 0.500. The number of carbonyl (C=O) groups excluding carboxylic acids is 1. The van der Waals surface area contributed by atoms with E-state index in [1.165, 1.54) is 0 Å². The summed E-state index contributed by atoms with van der Waals surface area (Å²) in [5.41, 5.74) is 1.01. The van der Waals surface area contributed by atoms with Crippen molar-refractivity contribution < 1.29 is 14.1 Å². The lowest BCUT2D eigenvalue weighted by molar-refractivity contribution is 0.0708. The number of urea groups is 1. The zero-order chi connectivity index (χ0) is 17.6. The van der Waals surface area contributed by atoms with Gasteiger partial charge in [-0.05, 0) is 25.8 Å². The minimum atomic E-state index is -0.229. The summed E-state index contributed by atoms with van der Waals surface area (Å²) in [6.07, 6.45) is 1.34. The van der Waals surface area contributed by atoms with Gasteiger partial charge in [-0.2, -0.15) is 4.98 Å². The first-order chi connectivity index (χ1) is 12.1. The molecule has 1 N–H and O–H groups in total. The highest BCUT2D eigenvalue weighted by molar-refractivity contribution is 5.74. The molecule has 2 atom stereocenters. The van der Waals surface area contributed by atoms with Crippen molar-refractivity contribution >= 4 is 6.03 Å². The van der Waals surface area contributed by atoms with Crippen LogP contribution >= 0.6 is 0 Å². The number of hydrogen-bond acceptors (Lipinski definition) is 5. The molecule has 1 aromatic carbocycles. The summed E-state index contributed by atoms with van der Waals surface area (Å²) in [7, 11) is 0. The lowest BCUT2D eigenvalue weighted by atomic mass is 10.0. The molecule has 2 aromatic rings. The maximum atomic E-state index is 12.8. The number of aryl methyl sites for hydroxylation is 1. The number of amides is 2. The van der Waals surface area contributed by atoms with Crippen LogP contribution in [-0.2, 0) is 11.2 Å². The predicted molar refractivity (Wildman–Crippen MR) is 92.1 cm³/mol. The fourth-order valence-corrected chi connectivity index (χ4v) is 2.95. The maximum absolute atomic E-state index is 12.8. The van der Waals surface area contributed by atoms with E-state index in [0.29, 0.717) is 37.8 Å². The largest absolute Gasteiger partial charge is 0.377 e. The van der Waals surface area contributed by atoms with E-state index in [0.717, 1.165) is 12.0 Å². The van der Waals surface area contributed by atoms with Gasteiger partial charge in [-0.15, -0.1) is 0 Å². The van der Waals surface area contributed by atoms with Crippen LogP contribution in [0.2, 0.25) is 0 Å². The highest BCUT2D eigenvalue weighted by atomic mass is 16.5. The molecule has 1 saturated heterocycles. The molecule has 1 aliphatic heterocycles. The Morgan fingerprint density at radius 3 is 2.92 bits per heavy atom. The summed E-state index contributed by atoms with van der Waals surface area (Å²) >= 11 is 0. The third kappa shape index (κ3) is 4.79. The van der Waals surface area contributed by atoms with Crippen molar-refractivity contribution in [1.82, 2.24) is 20.4 Å². The molecule has 0 unspecified atom stereocenters. The van der Waals surface area contributed by atoms with E-state index in [1.54, 1.807) is 6.92 Å². The van der Waals surface area contributed by atoms with Crippen molar-refractivity contribution in [2.75, 3.05) is 19.7 Å². The average molecular weight is 344 g/mol. The van der Waals surface area contributed by atoms with Crippen molar-refractivity contribution in [1.29, 1.82) is 0 Å². The summed E-state index contributed by atoms with van der Waals surface area (Å²) in [5.74, 6) is 1.10. The van der Waals surface area contributed by atoms with Gasteiger partial charge in [0.25, 0.3) is 0 Å². The smallest absolute Gasteiger partial charge is 0.317 e. The first-order valence-electron chi connectivity index (χ1n) is 8.63. The summed E-state index contributed by atoms with van der Waals surface area (Å²) < 4.78 is 10.9. The number of ether oxygens (including phenoxy) is 1. The van der Waals surface area contributed by atoms with Crippen molar-refractivity contribution in [2.45, 2.75) is 38.8 Å². The summed E-state index contributed by atoms with van der Waals surface area (Å²) in [4.78, 5) is 18.8. The Labute approximate surface area is 147 Å². The van der Waals surface area contributed by atoms with Crippen molar-refractivity contribution in [3.05, 3.63) is 47.6 Å². The Bertz CT molecular complexity index is 689. The molecule has 2 amide bonds. The molecular weight excluding hydrogens is 320 g/mol. The van der Waals surface area contributed by atoms with Crippen LogP contribution in [0.5, 0.6) is 0 Å². The SMILES string of the molecule is Cc1noc(C[C@@H](NC(=O)N2CCCO[C@@H](C)C2)c2ccccc2)n1. The third-order valence-electron chi connectivity index (χ3n) is 4.19. The van der Waals surface area contributed by atoms with E-state index >= 15 is 0 Å². The Morgan fingerprint density at radius 2 is 2.20 bits per heavy atom. The van der Waals surface area contributed by atoms with Crippen LogP contribution < -0.4 is 5.32 Å². The number of rotatable bonds is 4. The lowest BCUT2D eigenvalue weighted by Crippen LogP contribution is -2.44. The quantitative estimate of drug-likeness (QED) is 0.921. The molecular formula is C18H24N4O3. The summed E-state index contributed by atoms with van der Waals surface area (Å²) in [5, 5.41) is 6.94. The Hall–Kier alpha value is -2.41. The topological polar surface area (TPSA) is 80.5 Å². The van der Waals surface area contributed by atoms with Crippen molar-refractivity contribution in [2.24, 2.45) is 0 Å². The third-order valence-corrected chi connectivity index (χ3v) is 4.19. The molecule has 134 valence electrons. The number of nitrogens with zero attached hydrogens (tertiary/aromatic N) is 3. The highest BCUT2D eigenvalue weighted by Gasteiger charge is 2.24. The van der Waals surface area contributed by atoms with Gasteiger partial charge in [0.1, 0.15) is 0 Å². The first-order valence-corrected chi connectivity index (χ1v) is 8.63. The van der Waals surface area contributed by atoms with Crippen LogP contribution in [0.15, 0.2) is 34.9 Å². The summed E-state index contributed by atoms with van der Waals surface area (Å²) in [6, 6.07) is 9.51. The summed E-state index contributed by atoms with van der Waals surface area (Å²) in [6.45, 7) is 5.74. The number of nitrogens with one attached hydrogen (secondary N) is 1. The minimum Gasteiger partial charge on any atom is -0.377 e. The van der Waals surface area contributed by atoms with Gasteiger partial charge in [-0.1, -0.05) is 35.5 Å². The fourth-order valence-electron chi connectivity index (χ4n) is 2.95. The predicted octanol–water partition coefficient (Wildman–Crippen LogP) is 2.48. The Balaban J connectivity index is 1.73. The van der Waals surface area contributed by atoms with E-state index in [-0.39, 0.29) is 18.2 Å². The molecule has 7 heteroatoms. The van der Waals surface area contributed by atoms with E-state index in [4.69, 9.17) is 9.26 Å². The second kappa shape index (κ2) is 8.11. The maximum Gasteiger partial charge on any atom is 0.317 e. The van der Waals surface area contributed by atoms with E-state index in [9.17, 15) is 4.79 Å². The van der Waals surface area contributed by atoms with Gasteiger partial charge in [0.05, 0.1) is 18.6 Å². The molecule has 7 nitrogen and oxygen atoms in total. The molecule has 0 bridgehead atoms. The van der Waals surface area contributed by atoms with Gasteiger partial charge >= 0.3 is 6.03 Å². The number of hydrogen-bond donors (Lipinski definition) is 1. The molecule has 1 aromatic heterocycles. The molecule has 1 aliphatic rings. The van der Waals surface area contributed by atoms with Gasteiger partial charge in [-0.25, -0.2) is 4.79 Å². The zero-order valence-corrected chi connectivity index (χ0v) is 14.6. The van der Waals surface area contributed by atoms with Gasteiger partial charge < -0.3 is 19.5 Å². The molecule has 0 spiro atoms. The molecule has 1 fully saturated rings.